The van der Waals surface area contributed by atoms with Gasteiger partial charge in [-0.2, -0.15) is 0 Å². The molecule has 0 fully saturated rings. The van der Waals surface area contributed by atoms with Crippen molar-refractivity contribution in [3.05, 3.63) is 45.7 Å². The van der Waals surface area contributed by atoms with Gasteiger partial charge < -0.3 is 5.73 Å². The Balaban J connectivity index is 2.68. The van der Waals surface area contributed by atoms with Crippen LogP contribution in [0.15, 0.2) is 23.6 Å². The van der Waals surface area contributed by atoms with Crippen molar-refractivity contribution < 1.29 is 8.78 Å². The van der Waals surface area contributed by atoms with Crippen LogP contribution < -0.4 is 5.73 Å². The summed E-state index contributed by atoms with van der Waals surface area (Å²) in [4.78, 5) is 0.795. The second-order valence-corrected chi connectivity index (χ2v) is 4.52. The highest BCUT2D eigenvalue weighted by molar-refractivity contribution is 7.10. The SMILES string of the molecule is Cc1ccc(F)c(-c2ccsc2CN)c1F. The van der Waals surface area contributed by atoms with Crippen LogP contribution in [0.25, 0.3) is 11.1 Å². The van der Waals surface area contributed by atoms with Gasteiger partial charge in [-0.1, -0.05) is 6.07 Å². The van der Waals surface area contributed by atoms with E-state index in [1.54, 1.807) is 18.4 Å². The summed E-state index contributed by atoms with van der Waals surface area (Å²) in [5.74, 6) is -1.05. The van der Waals surface area contributed by atoms with Crippen molar-refractivity contribution in [3.63, 3.8) is 0 Å². The first-order valence-corrected chi connectivity index (χ1v) is 5.74. The minimum atomic E-state index is -0.545. The molecule has 2 rings (SSSR count). The van der Waals surface area contributed by atoms with Crippen LogP contribution in [0.2, 0.25) is 0 Å². The van der Waals surface area contributed by atoms with Gasteiger partial charge in [-0.25, -0.2) is 8.78 Å². The van der Waals surface area contributed by atoms with E-state index in [9.17, 15) is 8.78 Å². The van der Waals surface area contributed by atoms with Crippen molar-refractivity contribution in [1.29, 1.82) is 0 Å². The molecule has 4 heteroatoms. The topological polar surface area (TPSA) is 26.0 Å². The average Bonchev–Trinajstić information content (AvgIpc) is 2.72. The number of halogens is 2. The van der Waals surface area contributed by atoms with Gasteiger partial charge >= 0.3 is 0 Å². The zero-order valence-electron chi connectivity index (χ0n) is 8.76. The Hall–Kier alpha value is -1.26. The van der Waals surface area contributed by atoms with Crippen molar-refractivity contribution in [2.45, 2.75) is 13.5 Å². The van der Waals surface area contributed by atoms with E-state index in [0.717, 1.165) is 4.88 Å². The third-order valence-electron chi connectivity index (χ3n) is 2.48. The van der Waals surface area contributed by atoms with E-state index in [4.69, 9.17) is 5.73 Å². The first-order chi connectivity index (χ1) is 7.65. The Kier molecular flexibility index (Phi) is 3.03. The van der Waals surface area contributed by atoms with Crippen molar-refractivity contribution >= 4 is 11.3 Å². The minimum absolute atomic E-state index is 0.0294. The molecule has 2 N–H and O–H groups in total. The van der Waals surface area contributed by atoms with Gasteiger partial charge in [0.2, 0.25) is 0 Å². The van der Waals surface area contributed by atoms with Crippen LogP contribution >= 0.6 is 11.3 Å². The standard InChI is InChI=1S/C12H11F2NS/c1-7-2-3-9(13)11(12(7)14)8-4-5-16-10(8)6-15/h2-5H,6,15H2,1H3. The zero-order valence-corrected chi connectivity index (χ0v) is 9.57. The van der Waals surface area contributed by atoms with Crippen LogP contribution in [-0.2, 0) is 6.54 Å². The van der Waals surface area contributed by atoms with E-state index in [2.05, 4.69) is 0 Å². The molecule has 0 amide bonds. The first-order valence-electron chi connectivity index (χ1n) is 4.86. The molecule has 1 heterocycles. The van der Waals surface area contributed by atoms with E-state index in [-0.39, 0.29) is 5.56 Å². The molecule has 1 nitrogen and oxygen atoms in total. The van der Waals surface area contributed by atoms with E-state index >= 15 is 0 Å². The quantitative estimate of drug-likeness (QED) is 0.853. The lowest BCUT2D eigenvalue weighted by molar-refractivity contribution is 0.583. The van der Waals surface area contributed by atoms with Crippen molar-refractivity contribution in [1.82, 2.24) is 0 Å². The molecule has 0 radical (unpaired) electrons. The molecule has 0 saturated heterocycles. The molecule has 1 aromatic carbocycles. The molecule has 0 bridgehead atoms. The summed E-state index contributed by atoms with van der Waals surface area (Å²) in [7, 11) is 0. The number of hydrogen-bond donors (Lipinski definition) is 1. The van der Waals surface area contributed by atoms with Gasteiger partial charge in [0.25, 0.3) is 0 Å². The molecule has 16 heavy (non-hydrogen) atoms. The Morgan fingerprint density at radius 2 is 2.00 bits per heavy atom. The summed E-state index contributed by atoms with van der Waals surface area (Å²) in [6.45, 7) is 1.91. The van der Waals surface area contributed by atoms with Gasteiger partial charge in [0.05, 0.1) is 5.56 Å². The highest BCUT2D eigenvalue weighted by atomic mass is 32.1. The van der Waals surface area contributed by atoms with E-state index in [1.807, 2.05) is 0 Å². The fourth-order valence-electron chi connectivity index (χ4n) is 1.63. The number of hydrogen-bond acceptors (Lipinski definition) is 2. The third kappa shape index (κ3) is 1.74. The van der Waals surface area contributed by atoms with Gasteiger partial charge in [0.1, 0.15) is 11.6 Å². The molecule has 2 aromatic rings. The Labute approximate surface area is 96.5 Å². The van der Waals surface area contributed by atoms with E-state index in [1.165, 1.54) is 23.5 Å². The molecule has 0 saturated carbocycles. The summed E-state index contributed by atoms with van der Waals surface area (Å²) in [6.07, 6.45) is 0. The van der Waals surface area contributed by atoms with Gasteiger partial charge in [-0.05, 0) is 30.0 Å². The first kappa shape index (κ1) is 11.2. The smallest absolute Gasteiger partial charge is 0.136 e. The van der Waals surface area contributed by atoms with Crippen LogP contribution in [0.3, 0.4) is 0 Å². The molecular formula is C12H11F2NS. The van der Waals surface area contributed by atoms with Gasteiger partial charge in [0.15, 0.2) is 0 Å². The fourth-order valence-corrected chi connectivity index (χ4v) is 2.39. The predicted octanol–water partition coefficient (Wildman–Crippen LogP) is 3.46. The van der Waals surface area contributed by atoms with E-state index < -0.39 is 11.6 Å². The van der Waals surface area contributed by atoms with Crippen LogP contribution in [0.1, 0.15) is 10.4 Å². The monoisotopic (exact) mass is 239 g/mol. The molecule has 1 aromatic heterocycles. The van der Waals surface area contributed by atoms with Crippen LogP contribution in [-0.4, -0.2) is 0 Å². The van der Waals surface area contributed by atoms with Crippen LogP contribution in [0, 0.1) is 18.6 Å². The Morgan fingerprint density at radius 1 is 1.25 bits per heavy atom. The Bertz CT molecular complexity index is 520. The summed E-state index contributed by atoms with van der Waals surface area (Å²) in [5.41, 5.74) is 6.56. The third-order valence-corrected chi connectivity index (χ3v) is 3.43. The highest BCUT2D eigenvalue weighted by Crippen LogP contribution is 2.33. The molecular weight excluding hydrogens is 228 g/mol. The summed E-state index contributed by atoms with van der Waals surface area (Å²) in [5, 5.41) is 1.79. The summed E-state index contributed by atoms with van der Waals surface area (Å²) >= 11 is 1.41. The summed E-state index contributed by atoms with van der Waals surface area (Å²) in [6, 6.07) is 4.42. The van der Waals surface area contributed by atoms with Gasteiger partial charge in [0, 0.05) is 17.0 Å². The number of rotatable bonds is 2. The van der Waals surface area contributed by atoms with Gasteiger partial charge in [-0.15, -0.1) is 11.3 Å². The van der Waals surface area contributed by atoms with Crippen LogP contribution in [0.5, 0.6) is 0 Å². The minimum Gasteiger partial charge on any atom is -0.326 e. The van der Waals surface area contributed by atoms with Crippen molar-refractivity contribution in [3.8, 4) is 11.1 Å². The second kappa shape index (κ2) is 4.31. The zero-order chi connectivity index (χ0) is 11.7. The number of thiophene rings is 1. The number of aryl methyl sites for hydroxylation is 1. The predicted molar refractivity (Wildman–Crippen MR) is 62.3 cm³/mol. The Morgan fingerprint density at radius 3 is 2.69 bits per heavy atom. The largest absolute Gasteiger partial charge is 0.326 e. The van der Waals surface area contributed by atoms with Crippen molar-refractivity contribution in [2.75, 3.05) is 0 Å². The maximum absolute atomic E-state index is 13.9. The molecule has 0 aliphatic rings. The van der Waals surface area contributed by atoms with Crippen molar-refractivity contribution in [2.24, 2.45) is 5.73 Å². The lowest BCUT2D eigenvalue weighted by atomic mass is 10.0. The lowest BCUT2D eigenvalue weighted by Crippen LogP contribution is -1.98. The normalized spacial score (nSPS) is 10.8. The van der Waals surface area contributed by atoms with Gasteiger partial charge in [-0.3, -0.25) is 0 Å². The maximum atomic E-state index is 13.9. The molecule has 0 spiro atoms. The average molecular weight is 239 g/mol. The molecule has 0 unspecified atom stereocenters. The number of benzene rings is 1. The molecule has 0 aliphatic heterocycles. The highest BCUT2D eigenvalue weighted by Gasteiger charge is 2.16. The fraction of sp³-hybridized carbons (Fsp3) is 0.167. The van der Waals surface area contributed by atoms with Crippen LogP contribution in [0.4, 0.5) is 8.78 Å². The molecule has 84 valence electrons. The molecule has 0 aliphatic carbocycles. The lowest BCUT2D eigenvalue weighted by Gasteiger charge is -2.07. The summed E-state index contributed by atoms with van der Waals surface area (Å²) < 4.78 is 27.5. The second-order valence-electron chi connectivity index (χ2n) is 3.51. The van der Waals surface area contributed by atoms with E-state index in [0.29, 0.717) is 17.7 Å². The number of nitrogens with two attached hydrogens (primary N) is 1. The molecule has 0 atom stereocenters. The maximum Gasteiger partial charge on any atom is 0.136 e.